The van der Waals surface area contributed by atoms with Crippen molar-refractivity contribution in [1.29, 1.82) is 0 Å². The molecule has 0 amide bonds. The van der Waals surface area contributed by atoms with E-state index in [1.54, 1.807) is 18.0 Å². The summed E-state index contributed by atoms with van der Waals surface area (Å²) in [5.41, 5.74) is 3.94. The molecule has 2 aromatic rings. The Bertz CT molecular complexity index is 433. The van der Waals surface area contributed by atoms with Crippen LogP contribution in [0.15, 0.2) is 59.8 Å². The fraction of sp³-hybridized carbons (Fsp3) is 0.154. The van der Waals surface area contributed by atoms with Crippen LogP contribution in [0.1, 0.15) is 11.6 Å². The number of pyridine rings is 1. The molecule has 0 aliphatic carbocycles. The Morgan fingerprint density at radius 3 is 2.65 bits per heavy atom. The topological polar surface area (TPSA) is 50.9 Å². The van der Waals surface area contributed by atoms with Gasteiger partial charge >= 0.3 is 0 Å². The number of hydrogen-bond acceptors (Lipinski definition) is 4. The molecule has 4 heteroatoms. The predicted octanol–water partition coefficient (Wildman–Crippen LogP) is 2.38. The van der Waals surface area contributed by atoms with Gasteiger partial charge in [-0.2, -0.15) is 0 Å². The first-order valence-corrected chi connectivity index (χ1v) is 6.42. The van der Waals surface area contributed by atoms with Gasteiger partial charge < -0.3 is 0 Å². The minimum absolute atomic E-state index is 0.119. The molecule has 88 valence electrons. The molecule has 3 nitrogen and oxygen atoms in total. The molecular weight excluding hydrogens is 230 g/mol. The first-order valence-electron chi connectivity index (χ1n) is 5.44. The summed E-state index contributed by atoms with van der Waals surface area (Å²) in [4.78, 5) is 5.35. The van der Waals surface area contributed by atoms with Gasteiger partial charge in [-0.05, 0) is 23.8 Å². The molecule has 1 aromatic carbocycles. The van der Waals surface area contributed by atoms with Gasteiger partial charge in [-0.25, -0.2) is 0 Å². The molecular formula is C13H15N3S. The number of nitrogens with two attached hydrogens (primary N) is 1. The van der Waals surface area contributed by atoms with Crippen LogP contribution in [0.3, 0.4) is 0 Å². The molecule has 0 saturated carbocycles. The monoisotopic (exact) mass is 245 g/mol. The summed E-state index contributed by atoms with van der Waals surface area (Å²) in [7, 11) is 0. The molecule has 3 N–H and O–H groups in total. The maximum Gasteiger partial charge on any atom is 0.0569 e. The lowest BCUT2D eigenvalue weighted by atomic mass is 10.1. The van der Waals surface area contributed by atoms with E-state index < -0.39 is 0 Å². The van der Waals surface area contributed by atoms with Gasteiger partial charge in [0.1, 0.15) is 0 Å². The highest BCUT2D eigenvalue weighted by molar-refractivity contribution is 7.99. The van der Waals surface area contributed by atoms with Gasteiger partial charge in [-0.1, -0.05) is 24.3 Å². The van der Waals surface area contributed by atoms with Crippen LogP contribution in [0.5, 0.6) is 0 Å². The molecule has 17 heavy (non-hydrogen) atoms. The summed E-state index contributed by atoms with van der Waals surface area (Å²) < 4.78 is 0. The fourth-order valence-electron chi connectivity index (χ4n) is 1.52. The zero-order chi connectivity index (χ0) is 11.9. The average Bonchev–Trinajstić information content (AvgIpc) is 2.42. The van der Waals surface area contributed by atoms with Gasteiger partial charge in [0.05, 0.1) is 6.04 Å². The number of thioether (sulfide) groups is 1. The second-order valence-corrected chi connectivity index (χ2v) is 4.72. The Morgan fingerprint density at radius 1 is 1.18 bits per heavy atom. The number of hydrogen-bond donors (Lipinski definition) is 2. The lowest BCUT2D eigenvalue weighted by Gasteiger charge is -2.15. The van der Waals surface area contributed by atoms with E-state index in [0.717, 1.165) is 11.3 Å². The molecule has 0 radical (unpaired) electrons. The molecule has 1 aromatic heterocycles. The third kappa shape index (κ3) is 3.56. The second kappa shape index (κ2) is 6.39. The second-order valence-electron chi connectivity index (χ2n) is 3.63. The van der Waals surface area contributed by atoms with Gasteiger partial charge in [0.2, 0.25) is 0 Å². The Labute approximate surface area is 105 Å². The summed E-state index contributed by atoms with van der Waals surface area (Å²) in [6.45, 7) is 0. The first-order chi connectivity index (χ1) is 8.40. The van der Waals surface area contributed by atoms with Gasteiger partial charge in [-0.3, -0.25) is 16.3 Å². The number of aromatic nitrogens is 1. The van der Waals surface area contributed by atoms with Crippen LogP contribution in [-0.4, -0.2) is 10.7 Å². The highest BCUT2D eigenvalue weighted by atomic mass is 32.2. The van der Waals surface area contributed by atoms with Crippen LogP contribution in [0.4, 0.5) is 0 Å². The number of nitrogens with zero attached hydrogens (tertiary/aromatic N) is 1. The van der Waals surface area contributed by atoms with Crippen molar-refractivity contribution in [3.8, 4) is 0 Å². The van der Waals surface area contributed by atoms with E-state index in [-0.39, 0.29) is 6.04 Å². The average molecular weight is 245 g/mol. The summed E-state index contributed by atoms with van der Waals surface area (Å²) in [5, 5.41) is 0. The number of nitrogens with one attached hydrogen (secondary N) is 1. The fourth-order valence-corrected chi connectivity index (χ4v) is 2.52. The normalized spacial score (nSPS) is 12.3. The Kier molecular flexibility index (Phi) is 4.55. The van der Waals surface area contributed by atoms with Gasteiger partial charge in [-0.15, -0.1) is 11.8 Å². The van der Waals surface area contributed by atoms with Crippen LogP contribution in [0.25, 0.3) is 0 Å². The van der Waals surface area contributed by atoms with Crippen LogP contribution < -0.4 is 11.3 Å². The SMILES string of the molecule is NNC(CSc1ccccc1)c1cccnc1. The van der Waals surface area contributed by atoms with Crippen molar-refractivity contribution < 1.29 is 0 Å². The maximum atomic E-state index is 5.58. The molecule has 1 atom stereocenters. The molecule has 2 rings (SSSR count). The van der Waals surface area contributed by atoms with Gasteiger partial charge in [0, 0.05) is 23.0 Å². The third-order valence-corrected chi connectivity index (χ3v) is 3.55. The highest BCUT2D eigenvalue weighted by Crippen LogP contribution is 2.23. The van der Waals surface area contributed by atoms with E-state index in [9.17, 15) is 0 Å². The van der Waals surface area contributed by atoms with Crippen LogP contribution in [0.2, 0.25) is 0 Å². The van der Waals surface area contributed by atoms with Crippen LogP contribution in [0, 0.1) is 0 Å². The predicted molar refractivity (Wildman–Crippen MR) is 71.5 cm³/mol. The minimum Gasteiger partial charge on any atom is -0.271 e. The van der Waals surface area contributed by atoms with Crippen molar-refractivity contribution in [2.75, 3.05) is 5.75 Å². The minimum atomic E-state index is 0.119. The number of rotatable bonds is 5. The standard InChI is InChI=1S/C13H15N3S/c14-16-13(11-5-4-8-15-9-11)10-17-12-6-2-1-3-7-12/h1-9,13,16H,10,14H2. The van der Waals surface area contributed by atoms with Gasteiger partial charge in [0.15, 0.2) is 0 Å². The smallest absolute Gasteiger partial charge is 0.0569 e. The van der Waals surface area contributed by atoms with E-state index in [1.807, 2.05) is 36.5 Å². The van der Waals surface area contributed by atoms with Gasteiger partial charge in [0.25, 0.3) is 0 Å². The lowest BCUT2D eigenvalue weighted by molar-refractivity contribution is 0.608. The number of hydrazine groups is 1. The van der Waals surface area contributed by atoms with Crippen LogP contribution >= 0.6 is 11.8 Å². The van der Waals surface area contributed by atoms with E-state index in [4.69, 9.17) is 5.84 Å². The molecule has 0 aliphatic rings. The summed E-state index contributed by atoms with van der Waals surface area (Å²) in [6, 6.07) is 14.4. The molecule has 0 aliphatic heterocycles. The molecule has 1 heterocycles. The zero-order valence-electron chi connectivity index (χ0n) is 9.41. The van der Waals surface area contributed by atoms with Crippen molar-refractivity contribution in [2.45, 2.75) is 10.9 Å². The van der Waals surface area contributed by atoms with E-state index in [1.165, 1.54) is 4.90 Å². The van der Waals surface area contributed by atoms with Crippen molar-refractivity contribution >= 4 is 11.8 Å². The molecule has 0 saturated heterocycles. The summed E-state index contributed by atoms with van der Waals surface area (Å²) in [5.74, 6) is 6.46. The maximum absolute atomic E-state index is 5.58. The highest BCUT2D eigenvalue weighted by Gasteiger charge is 2.09. The van der Waals surface area contributed by atoms with Crippen LogP contribution in [-0.2, 0) is 0 Å². The molecule has 1 unspecified atom stereocenters. The van der Waals surface area contributed by atoms with E-state index in [0.29, 0.717) is 0 Å². The third-order valence-electron chi connectivity index (χ3n) is 2.45. The Balaban J connectivity index is 1.97. The largest absolute Gasteiger partial charge is 0.271 e. The quantitative estimate of drug-likeness (QED) is 0.482. The van der Waals surface area contributed by atoms with Crippen molar-refractivity contribution in [3.05, 3.63) is 60.4 Å². The molecule has 0 bridgehead atoms. The van der Waals surface area contributed by atoms with Crippen molar-refractivity contribution in [1.82, 2.24) is 10.4 Å². The molecule has 0 spiro atoms. The lowest BCUT2D eigenvalue weighted by Crippen LogP contribution is -2.29. The Morgan fingerprint density at radius 2 is 2.00 bits per heavy atom. The van der Waals surface area contributed by atoms with Crippen molar-refractivity contribution in [3.63, 3.8) is 0 Å². The first kappa shape index (κ1) is 12.1. The number of benzene rings is 1. The van der Waals surface area contributed by atoms with Crippen molar-refractivity contribution in [2.24, 2.45) is 5.84 Å². The molecule has 0 fully saturated rings. The Hall–Kier alpha value is -1.36. The zero-order valence-corrected chi connectivity index (χ0v) is 10.2. The summed E-state index contributed by atoms with van der Waals surface area (Å²) >= 11 is 1.78. The summed E-state index contributed by atoms with van der Waals surface area (Å²) in [6.07, 6.45) is 3.61. The van der Waals surface area contributed by atoms with E-state index >= 15 is 0 Å². The van der Waals surface area contributed by atoms with E-state index in [2.05, 4.69) is 22.5 Å².